The molecule has 9 heteroatoms. The molecule has 0 saturated carbocycles. The Hall–Kier alpha value is -3.46. The highest BCUT2D eigenvalue weighted by molar-refractivity contribution is 7.17. The van der Waals surface area contributed by atoms with Crippen LogP contribution in [0.2, 0.25) is 0 Å². The Labute approximate surface area is 158 Å². The maximum atomic E-state index is 12.7. The SMILES string of the molecule is Cc1nc(-c2ccccn2)sc1C(=O)Nc1cccc(-c2nnnn2C)c1. The molecule has 3 aromatic heterocycles. The van der Waals surface area contributed by atoms with E-state index in [1.807, 2.05) is 49.4 Å². The average Bonchev–Trinajstić information content (AvgIpc) is 3.28. The van der Waals surface area contributed by atoms with Gasteiger partial charge in [-0.25, -0.2) is 9.67 Å². The molecule has 3 heterocycles. The summed E-state index contributed by atoms with van der Waals surface area (Å²) in [4.78, 5) is 22.1. The van der Waals surface area contributed by atoms with E-state index in [0.29, 0.717) is 22.1 Å². The van der Waals surface area contributed by atoms with Gasteiger partial charge in [-0.1, -0.05) is 18.2 Å². The zero-order valence-electron chi connectivity index (χ0n) is 14.6. The third-order valence-corrected chi connectivity index (χ3v) is 5.06. The number of carbonyl (C=O) groups is 1. The molecule has 0 aliphatic heterocycles. The molecule has 134 valence electrons. The zero-order valence-corrected chi connectivity index (χ0v) is 15.4. The molecule has 0 spiro atoms. The number of amides is 1. The molecule has 0 unspecified atom stereocenters. The monoisotopic (exact) mass is 377 g/mol. The minimum absolute atomic E-state index is 0.208. The molecular formula is C18H15N7OS. The molecule has 0 aliphatic carbocycles. The normalized spacial score (nSPS) is 10.7. The topological polar surface area (TPSA) is 98.5 Å². The number of carbonyl (C=O) groups excluding carboxylic acids is 1. The Morgan fingerprint density at radius 3 is 2.81 bits per heavy atom. The fourth-order valence-corrected chi connectivity index (χ4v) is 3.54. The molecule has 4 aromatic rings. The van der Waals surface area contributed by atoms with Gasteiger partial charge in [0.1, 0.15) is 9.88 Å². The van der Waals surface area contributed by atoms with Crippen molar-refractivity contribution >= 4 is 22.9 Å². The third-order valence-electron chi connectivity index (χ3n) is 3.89. The molecule has 0 atom stereocenters. The van der Waals surface area contributed by atoms with E-state index in [0.717, 1.165) is 16.3 Å². The number of nitrogens with one attached hydrogen (secondary N) is 1. The number of aromatic nitrogens is 6. The van der Waals surface area contributed by atoms with Crippen molar-refractivity contribution in [3.8, 4) is 22.1 Å². The molecule has 4 rings (SSSR count). The number of aryl methyl sites for hydroxylation is 2. The first-order valence-electron chi connectivity index (χ1n) is 8.15. The van der Waals surface area contributed by atoms with Gasteiger partial charge in [-0.2, -0.15) is 0 Å². The number of thiazole rings is 1. The van der Waals surface area contributed by atoms with Gasteiger partial charge in [0.05, 0.1) is 11.4 Å². The van der Waals surface area contributed by atoms with Gasteiger partial charge in [-0.05, 0) is 41.6 Å². The van der Waals surface area contributed by atoms with Gasteiger partial charge < -0.3 is 5.32 Å². The van der Waals surface area contributed by atoms with Crippen molar-refractivity contribution in [3.05, 3.63) is 59.2 Å². The molecule has 8 nitrogen and oxygen atoms in total. The first-order valence-corrected chi connectivity index (χ1v) is 8.96. The minimum Gasteiger partial charge on any atom is -0.321 e. The lowest BCUT2D eigenvalue weighted by Gasteiger charge is -2.06. The Morgan fingerprint density at radius 1 is 1.19 bits per heavy atom. The van der Waals surface area contributed by atoms with Crippen molar-refractivity contribution < 1.29 is 4.79 Å². The Kier molecular flexibility index (Phi) is 4.43. The van der Waals surface area contributed by atoms with Gasteiger partial charge >= 0.3 is 0 Å². The lowest BCUT2D eigenvalue weighted by atomic mass is 10.2. The van der Waals surface area contributed by atoms with Gasteiger partial charge in [0.25, 0.3) is 5.91 Å². The zero-order chi connectivity index (χ0) is 18.8. The second-order valence-electron chi connectivity index (χ2n) is 5.81. The quantitative estimate of drug-likeness (QED) is 0.587. The number of anilines is 1. The van der Waals surface area contributed by atoms with Crippen LogP contribution in [0.4, 0.5) is 5.69 Å². The summed E-state index contributed by atoms with van der Waals surface area (Å²) in [5.74, 6) is 0.415. The van der Waals surface area contributed by atoms with Gasteiger partial charge in [-0.15, -0.1) is 16.4 Å². The molecule has 0 aliphatic rings. The number of pyridine rings is 1. The summed E-state index contributed by atoms with van der Waals surface area (Å²) < 4.78 is 1.58. The standard InChI is InChI=1S/C18H15N7OS/c1-11-15(27-18(20-11)14-8-3-4-9-19-14)17(26)21-13-7-5-6-12(10-13)16-22-23-24-25(16)2/h3-10H,1-2H3,(H,21,26). The van der Waals surface area contributed by atoms with E-state index in [1.165, 1.54) is 11.3 Å². The molecule has 0 fully saturated rings. The summed E-state index contributed by atoms with van der Waals surface area (Å²) in [5.41, 5.74) is 2.90. The predicted octanol–water partition coefficient (Wildman–Crippen LogP) is 2.96. The Balaban J connectivity index is 1.58. The molecule has 27 heavy (non-hydrogen) atoms. The van der Waals surface area contributed by atoms with Crippen LogP contribution >= 0.6 is 11.3 Å². The van der Waals surface area contributed by atoms with Gasteiger partial charge in [0.2, 0.25) is 0 Å². The summed E-state index contributed by atoms with van der Waals surface area (Å²) in [7, 11) is 1.76. The lowest BCUT2D eigenvalue weighted by molar-refractivity contribution is 0.103. The van der Waals surface area contributed by atoms with Crippen LogP contribution in [0.15, 0.2) is 48.7 Å². The van der Waals surface area contributed by atoms with Gasteiger partial charge in [0.15, 0.2) is 5.82 Å². The number of nitrogens with zero attached hydrogens (tertiary/aromatic N) is 6. The Morgan fingerprint density at radius 2 is 2.07 bits per heavy atom. The summed E-state index contributed by atoms with van der Waals surface area (Å²) in [6, 6.07) is 13.0. The van der Waals surface area contributed by atoms with Crippen LogP contribution in [0.3, 0.4) is 0 Å². The minimum atomic E-state index is -0.208. The first kappa shape index (κ1) is 17.0. The molecular weight excluding hydrogens is 362 g/mol. The van der Waals surface area contributed by atoms with Crippen LogP contribution in [0, 0.1) is 6.92 Å². The second kappa shape index (κ2) is 7.04. The lowest BCUT2D eigenvalue weighted by Crippen LogP contribution is -2.11. The van der Waals surface area contributed by atoms with Crippen molar-refractivity contribution in [1.82, 2.24) is 30.2 Å². The predicted molar refractivity (Wildman–Crippen MR) is 102 cm³/mol. The summed E-state index contributed by atoms with van der Waals surface area (Å²) in [6.45, 7) is 1.82. The van der Waals surface area contributed by atoms with Crippen LogP contribution < -0.4 is 5.32 Å². The maximum absolute atomic E-state index is 12.7. The van der Waals surface area contributed by atoms with Crippen LogP contribution in [-0.2, 0) is 7.05 Å². The second-order valence-corrected chi connectivity index (χ2v) is 6.81. The summed E-state index contributed by atoms with van der Waals surface area (Å²) in [6.07, 6.45) is 1.71. The van der Waals surface area contributed by atoms with E-state index >= 15 is 0 Å². The van der Waals surface area contributed by atoms with Crippen LogP contribution in [0.5, 0.6) is 0 Å². The molecule has 1 aromatic carbocycles. The third kappa shape index (κ3) is 3.44. The highest BCUT2D eigenvalue weighted by atomic mass is 32.1. The number of benzene rings is 1. The number of rotatable bonds is 4. The number of tetrazole rings is 1. The van der Waals surface area contributed by atoms with E-state index in [1.54, 1.807) is 17.9 Å². The van der Waals surface area contributed by atoms with Gasteiger partial charge in [0, 0.05) is 24.5 Å². The largest absolute Gasteiger partial charge is 0.321 e. The molecule has 0 saturated heterocycles. The highest BCUT2D eigenvalue weighted by Gasteiger charge is 2.17. The number of hydrogen-bond donors (Lipinski definition) is 1. The molecule has 1 N–H and O–H groups in total. The van der Waals surface area contributed by atoms with E-state index in [2.05, 4.69) is 30.8 Å². The van der Waals surface area contributed by atoms with E-state index in [-0.39, 0.29) is 5.91 Å². The molecule has 1 amide bonds. The van der Waals surface area contributed by atoms with Crippen molar-refractivity contribution in [3.63, 3.8) is 0 Å². The molecule has 0 bridgehead atoms. The summed E-state index contributed by atoms with van der Waals surface area (Å²) in [5, 5.41) is 15.1. The van der Waals surface area contributed by atoms with E-state index in [4.69, 9.17) is 0 Å². The van der Waals surface area contributed by atoms with Crippen molar-refractivity contribution in [2.75, 3.05) is 5.32 Å². The van der Waals surface area contributed by atoms with Crippen LogP contribution in [-0.4, -0.2) is 36.1 Å². The Bertz CT molecular complexity index is 1100. The van der Waals surface area contributed by atoms with Gasteiger partial charge in [-0.3, -0.25) is 9.78 Å². The smallest absolute Gasteiger partial charge is 0.267 e. The van der Waals surface area contributed by atoms with E-state index in [9.17, 15) is 4.79 Å². The van der Waals surface area contributed by atoms with Crippen LogP contribution in [0.25, 0.3) is 22.1 Å². The van der Waals surface area contributed by atoms with Crippen molar-refractivity contribution in [1.29, 1.82) is 0 Å². The maximum Gasteiger partial charge on any atom is 0.267 e. The average molecular weight is 377 g/mol. The highest BCUT2D eigenvalue weighted by Crippen LogP contribution is 2.27. The first-order chi connectivity index (χ1) is 13.1. The van der Waals surface area contributed by atoms with E-state index < -0.39 is 0 Å². The summed E-state index contributed by atoms with van der Waals surface area (Å²) >= 11 is 1.32. The molecule has 0 radical (unpaired) electrons. The van der Waals surface area contributed by atoms with Crippen molar-refractivity contribution in [2.24, 2.45) is 7.05 Å². The van der Waals surface area contributed by atoms with Crippen LogP contribution in [0.1, 0.15) is 15.4 Å². The fourth-order valence-electron chi connectivity index (χ4n) is 2.60. The van der Waals surface area contributed by atoms with Crippen molar-refractivity contribution in [2.45, 2.75) is 6.92 Å². The number of hydrogen-bond acceptors (Lipinski definition) is 7. The fraction of sp³-hybridized carbons (Fsp3) is 0.111.